The Balaban J connectivity index is 1.82. The molecule has 1 saturated carbocycles. The van der Waals surface area contributed by atoms with Crippen molar-refractivity contribution >= 4 is 11.6 Å². The van der Waals surface area contributed by atoms with E-state index in [1.165, 1.54) is 0 Å². The van der Waals surface area contributed by atoms with Crippen molar-refractivity contribution in [2.24, 2.45) is 11.8 Å². The molecule has 0 N–H and O–H groups in total. The van der Waals surface area contributed by atoms with E-state index >= 15 is 0 Å². The molecule has 29 heavy (non-hydrogen) atoms. The van der Waals surface area contributed by atoms with Crippen LogP contribution < -0.4 is 4.74 Å². The van der Waals surface area contributed by atoms with Gasteiger partial charge in [0.05, 0.1) is 5.60 Å². The fourth-order valence-electron chi connectivity index (χ4n) is 5.84. The first-order valence-corrected chi connectivity index (χ1v) is 9.86. The van der Waals surface area contributed by atoms with Crippen molar-refractivity contribution in [2.45, 2.75) is 57.3 Å². The lowest BCUT2D eigenvalue weighted by Gasteiger charge is -2.56. The van der Waals surface area contributed by atoms with Crippen molar-refractivity contribution in [3.8, 4) is 5.75 Å². The number of rotatable bonds is 2. The highest BCUT2D eigenvalue weighted by Gasteiger charge is 2.81. The summed E-state index contributed by atoms with van der Waals surface area (Å²) in [5.74, 6) is -3.42. The molecular weight excluding hydrogens is 378 g/mol. The summed E-state index contributed by atoms with van der Waals surface area (Å²) in [5.41, 5.74) is -2.55. The van der Waals surface area contributed by atoms with Gasteiger partial charge < -0.3 is 9.47 Å². The minimum atomic E-state index is -1.40. The molecule has 2 heterocycles. The van der Waals surface area contributed by atoms with Crippen molar-refractivity contribution < 1.29 is 27.8 Å². The largest absolute Gasteiger partial charge is 0.477 e. The number of fused-ring (bicyclic) bond motifs is 1. The number of carbonyl (C=O) groups excluding carboxylic acids is 2. The van der Waals surface area contributed by atoms with Gasteiger partial charge in [-0.2, -0.15) is 0 Å². The topological polar surface area (TPSA) is 52.6 Å². The Bertz CT molecular complexity index is 1050. The molecule has 4 nitrogen and oxygen atoms in total. The second kappa shape index (κ2) is 5.42. The van der Waals surface area contributed by atoms with Crippen molar-refractivity contribution in [2.75, 3.05) is 0 Å². The number of hydrogen-bond donors (Lipinski definition) is 0. The van der Waals surface area contributed by atoms with Crippen LogP contribution in [0.15, 0.2) is 35.4 Å². The molecule has 152 valence electrons. The Hall–Kier alpha value is -2.34. The fourth-order valence-corrected chi connectivity index (χ4v) is 5.84. The van der Waals surface area contributed by atoms with Crippen molar-refractivity contribution in [1.82, 2.24) is 0 Å². The van der Waals surface area contributed by atoms with E-state index in [9.17, 15) is 18.4 Å². The number of allylic oxidation sites excluding steroid dienone is 2. The number of carbonyl (C=O) groups is 2. The zero-order valence-electron chi connectivity index (χ0n) is 16.8. The summed E-state index contributed by atoms with van der Waals surface area (Å²) in [7, 11) is 0. The minimum Gasteiger partial charge on any atom is -0.477 e. The summed E-state index contributed by atoms with van der Waals surface area (Å²) >= 11 is 0. The van der Waals surface area contributed by atoms with Gasteiger partial charge in [-0.15, -0.1) is 0 Å². The predicted molar refractivity (Wildman–Crippen MR) is 101 cm³/mol. The van der Waals surface area contributed by atoms with Gasteiger partial charge in [-0.25, -0.2) is 8.78 Å². The summed E-state index contributed by atoms with van der Waals surface area (Å²) in [6.07, 6.45) is 4.24. The summed E-state index contributed by atoms with van der Waals surface area (Å²) < 4.78 is 41.2. The lowest BCUT2D eigenvalue weighted by molar-refractivity contribution is -0.171. The van der Waals surface area contributed by atoms with Crippen LogP contribution in [-0.4, -0.2) is 28.4 Å². The van der Waals surface area contributed by atoms with E-state index < -0.39 is 40.1 Å². The summed E-state index contributed by atoms with van der Waals surface area (Å²) in [5, 5.41) is 0. The van der Waals surface area contributed by atoms with Gasteiger partial charge in [0.15, 0.2) is 22.8 Å². The smallest absolute Gasteiger partial charge is 0.199 e. The lowest BCUT2D eigenvalue weighted by atomic mass is 9.51. The molecule has 6 rings (SSSR count). The van der Waals surface area contributed by atoms with Crippen LogP contribution in [-0.2, 0) is 9.53 Å². The lowest BCUT2D eigenvalue weighted by Crippen LogP contribution is -2.72. The molecule has 1 aromatic rings. The number of ether oxygens (including phenoxy) is 2. The first-order chi connectivity index (χ1) is 13.5. The zero-order valence-corrected chi connectivity index (χ0v) is 16.8. The molecule has 4 unspecified atom stereocenters. The molecule has 2 aliphatic heterocycles. The molecule has 4 bridgehead atoms. The average molecular weight is 400 g/mol. The third-order valence-electron chi connectivity index (χ3n) is 6.92. The number of ketones is 2. The molecule has 5 aliphatic rings. The average Bonchev–Trinajstić information content (AvgIpc) is 2.77. The van der Waals surface area contributed by atoms with Crippen molar-refractivity contribution in [3.63, 3.8) is 0 Å². The SMILES string of the molecule is CC(C)=CCC12OC(C)(C)C3CC(C=C4C(=O)c5c(F)cc(F)cc5OC431)C2=O. The second-order valence-corrected chi connectivity index (χ2v) is 9.29. The highest BCUT2D eigenvalue weighted by atomic mass is 19.1. The highest BCUT2D eigenvalue weighted by molar-refractivity contribution is 6.16. The maximum atomic E-state index is 14.5. The third kappa shape index (κ3) is 2.05. The van der Waals surface area contributed by atoms with Crippen LogP contribution >= 0.6 is 0 Å². The Morgan fingerprint density at radius 1 is 1.24 bits per heavy atom. The van der Waals surface area contributed by atoms with E-state index in [2.05, 4.69) is 0 Å². The summed E-state index contributed by atoms with van der Waals surface area (Å²) in [6, 6.07) is 1.70. The number of Topliss-reactive ketones (excluding diaryl/α,β-unsaturated/α-hetero) is 2. The molecule has 3 aliphatic carbocycles. The number of hydrogen-bond acceptors (Lipinski definition) is 4. The van der Waals surface area contributed by atoms with Crippen molar-refractivity contribution in [1.29, 1.82) is 0 Å². The molecule has 0 radical (unpaired) electrons. The van der Waals surface area contributed by atoms with Gasteiger partial charge in [-0.3, -0.25) is 9.59 Å². The first-order valence-electron chi connectivity index (χ1n) is 9.86. The monoisotopic (exact) mass is 400 g/mol. The van der Waals surface area contributed by atoms with Crippen LogP contribution in [0.1, 0.15) is 50.9 Å². The molecule has 1 aromatic carbocycles. The molecule has 2 fully saturated rings. The molecule has 0 amide bonds. The van der Waals surface area contributed by atoms with E-state index in [0.717, 1.165) is 11.6 Å². The van der Waals surface area contributed by atoms with E-state index in [0.29, 0.717) is 12.5 Å². The maximum absolute atomic E-state index is 14.5. The van der Waals surface area contributed by atoms with Crippen LogP contribution in [0.4, 0.5) is 8.78 Å². The highest BCUT2D eigenvalue weighted by Crippen LogP contribution is 2.67. The van der Waals surface area contributed by atoms with Crippen LogP contribution in [0.5, 0.6) is 5.75 Å². The molecule has 1 spiro atoms. The Morgan fingerprint density at radius 2 is 1.97 bits per heavy atom. The number of halogens is 2. The maximum Gasteiger partial charge on any atom is 0.199 e. The summed E-state index contributed by atoms with van der Waals surface area (Å²) in [4.78, 5) is 26.9. The minimum absolute atomic E-state index is 0.131. The Kier molecular flexibility index (Phi) is 3.49. The van der Waals surface area contributed by atoms with Crippen LogP contribution in [0.3, 0.4) is 0 Å². The van der Waals surface area contributed by atoms with E-state index in [4.69, 9.17) is 9.47 Å². The molecule has 1 saturated heterocycles. The van der Waals surface area contributed by atoms with E-state index in [1.54, 1.807) is 6.08 Å². The van der Waals surface area contributed by atoms with Gasteiger partial charge in [0, 0.05) is 36.0 Å². The predicted octanol–water partition coefficient (Wildman–Crippen LogP) is 4.33. The number of benzene rings is 1. The molecule has 4 atom stereocenters. The molecule has 0 aromatic heterocycles. The quantitative estimate of drug-likeness (QED) is 0.694. The molecule has 6 heteroatoms. The van der Waals surface area contributed by atoms with Gasteiger partial charge in [-0.05, 0) is 34.1 Å². The van der Waals surface area contributed by atoms with Gasteiger partial charge >= 0.3 is 0 Å². The van der Waals surface area contributed by atoms with Gasteiger partial charge in [0.25, 0.3) is 0 Å². The van der Waals surface area contributed by atoms with E-state index in [-0.39, 0.29) is 35.0 Å². The molecular formula is C23H22F2O4. The van der Waals surface area contributed by atoms with Gasteiger partial charge in [0.1, 0.15) is 22.9 Å². The second-order valence-electron chi connectivity index (χ2n) is 9.29. The Morgan fingerprint density at radius 3 is 2.66 bits per heavy atom. The van der Waals surface area contributed by atoms with Crippen molar-refractivity contribution in [3.05, 3.63) is 52.6 Å². The first kappa shape index (κ1) is 18.7. The van der Waals surface area contributed by atoms with E-state index in [1.807, 2.05) is 33.8 Å². The Labute approximate surface area is 167 Å². The van der Waals surface area contributed by atoms with Gasteiger partial charge in [0.2, 0.25) is 0 Å². The standard InChI is InChI=1S/C23H22F2O4/c1-11(2)5-6-22-20(27)12-7-14-19(26)18-15(25)9-13(24)10-16(18)28-23(14,22)17(8-12)21(3,4)29-22/h5,7,9-10,12,17H,6,8H2,1-4H3. The zero-order chi connectivity index (χ0) is 20.9. The normalized spacial score (nSPS) is 35.6. The van der Waals surface area contributed by atoms with Crippen LogP contribution in [0.25, 0.3) is 0 Å². The fraction of sp³-hybridized carbons (Fsp3) is 0.478. The van der Waals surface area contributed by atoms with Crippen LogP contribution in [0.2, 0.25) is 0 Å². The van der Waals surface area contributed by atoms with Gasteiger partial charge in [-0.1, -0.05) is 17.7 Å². The third-order valence-corrected chi connectivity index (χ3v) is 6.92. The summed E-state index contributed by atoms with van der Waals surface area (Å²) in [6.45, 7) is 7.61. The van der Waals surface area contributed by atoms with Crippen LogP contribution in [0, 0.1) is 23.5 Å².